The van der Waals surface area contributed by atoms with Gasteiger partial charge in [-0.3, -0.25) is 14.5 Å². The summed E-state index contributed by atoms with van der Waals surface area (Å²) in [6.07, 6.45) is 1.69. The fourth-order valence-corrected chi connectivity index (χ4v) is 4.14. The molecule has 0 aromatic heterocycles. The van der Waals surface area contributed by atoms with Crippen LogP contribution in [0.5, 0.6) is 11.5 Å². The third-order valence-electron chi connectivity index (χ3n) is 4.75. The summed E-state index contributed by atoms with van der Waals surface area (Å²) >= 11 is 0.945. The summed E-state index contributed by atoms with van der Waals surface area (Å²) in [6.45, 7) is 0.241. The van der Waals surface area contributed by atoms with Gasteiger partial charge in [0.2, 0.25) is 0 Å². The normalized spacial score (nSPS) is 15.4. The number of carbonyl (C=O) groups is 2. The number of methoxy groups -OCH3 is 2. The van der Waals surface area contributed by atoms with Crippen molar-refractivity contribution in [1.82, 2.24) is 4.90 Å². The Kier molecular flexibility index (Phi) is 5.27. The van der Waals surface area contributed by atoms with Gasteiger partial charge in [0.1, 0.15) is 11.5 Å². The van der Waals surface area contributed by atoms with E-state index in [-0.39, 0.29) is 17.7 Å². The Morgan fingerprint density at radius 1 is 0.931 bits per heavy atom. The molecule has 0 bridgehead atoms. The Labute approximate surface area is 172 Å². The van der Waals surface area contributed by atoms with Crippen LogP contribution >= 0.6 is 11.8 Å². The van der Waals surface area contributed by atoms with E-state index in [0.29, 0.717) is 16.4 Å². The predicted molar refractivity (Wildman–Crippen MR) is 115 cm³/mol. The predicted octanol–water partition coefficient (Wildman–Crippen LogP) is 5.09. The molecular weight excluding hydrogens is 386 g/mol. The highest BCUT2D eigenvalue weighted by molar-refractivity contribution is 8.18. The van der Waals surface area contributed by atoms with Gasteiger partial charge in [-0.1, -0.05) is 42.5 Å². The minimum Gasteiger partial charge on any atom is -0.497 e. The van der Waals surface area contributed by atoms with E-state index in [2.05, 4.69) is 0 Å². The average Bonchev–Trinajstić information content (AvgIpc) is 3.01. The highest BCUT2D eigenvalue weighted by atomic mass is 32.2. The molecule has 2 amide bonds. The Bertz CT molecular complexity index is 1110. The average molecular weight is 405 g/mol. The quantitative estimate of drug-likeness (QED) is 0.553. The van der Waals surface area contributed by atoms with E-state index in [9.17, 15) is 9.59 Å². The molecule has 0 unspecified atom stereocenters. The van der Waals surface area contributed by atoms with E-state index in [1.807, 2.05) is 42.5 Å². The van der Waals surface area contributed by atoms with Crippen LogP contribution in [0.15, 0.2) is 65.6 Å². The molecule has 0 spiro atoms. The monoisotopic (exact) mass is 405 g/mol. The zero-order valence-corrected chi connectivity index (χ0v) is 16.9. The summed E-state index contributed by atoms with van der Waals surface area (Å²) in [5.41, 5.74) is 1.67. The molecule has 1 saturated heterocycles. The third kappa shape index (κ3) is 3.84. The van der Waals surface area contributed by atoms with Crippen LogP contribution in [0.2, 0.25) is 0 Å². The van der Waals surface area contributed by atoms with Gasteiger partial charge in [0.15, 0.2) is 0 Å². The van der Waals surface area contributed by atoms with Gasteiger partial charge in [-0.05, 0) is 51.9 Å². The van der Waals surface area contributed by atoms with E-state index < -0.39 is 0 Å². The highest BCUT2D eigenvalue weighted by Crippen LogP contribution is 2.35. The Morgan fingerprint density at radius 3 is 2.34 bits per heavy atom. The molecule has 6 heteroatoms. The molecule has 1 aliphatic rings. The van der Waals surface area contributed by atoms with E-state index in [1.54, 1.807) is 38.5 Å². The second-order valence-corrected chi connectivity index (χ2v) is 7.55. The van der Waals surface area contributed by atoms with Crippen molar-refractivity contribution in [3.63, 3.8) is 0 Å². The van der Waals surface area contributed by atoms with Crippen molar-refractivity contribution in [1.29, 1.82) is 0 Å². The summed E-state index contributed by atoms with van der Waals surface area (Å²) in [5.74, 6) is 0.936. The van der Waals surface area contributed by atoms with E-state index in [0.717, 1.165) is 33.7 Å². The van der Waals surface area contributed by atoms with E-state index in [4.69, 9.17) is 9.47 Å². The maximum atomic E-state index is 12.9. The van der Waals surface area contributed by atoms with Crippen molar-refractivity contribution in [2.24, 2.45) is 0 Å². The fourth-order valence-electron chi connectivity index (χ4n) is 3.30. The number of thioether (sulfide) groups is 1. The molecule has 3 aromatic rings. The first-order valence-corrected chi connectivity index (χ1v) is 9.86. The van der Waals surface area contributed by atoms with Gasteiger partial charge in [0.05, 0.1) is 25.7 Å². The maximum absolute atomic E-state index is 12.9. The molecule has 0 saturated carbocycles. The standard InChI is InChI=1S/C23H19NO4S/c1-27-18-10-15(11-19(13-18)28-2)12-21-22(25)24(23(26)29-21)14-17-8-5-7-16-6-3-4-9-20(16)17/h3-13H,14H2,1-2H3/b21-12-. The molecule has 0 aliphatic carbocycles. The number of hydrogen-bond donors (Lipinski definition) is 0. The number of nitrogens with zero attached hydrogens (tertiary/aromatic N) is 1. The van der Waals surface area contributed by atoms with Crippen LogP contribution in [0.3, 0.4) is 0 Å². The first-order chi connectivity index (χ1) is 14.1. The smallest absolute Gasteiger partial charge is 0.293 e. The number of fused-ring (bicyclic) bond motifs is 1. The van der Waals surface area contributed by atoms with Crippen molar-refractivity contribution in [3.05, 3.63) is 76.7 Å². The first kappa shape index (κ1) is 19.1. The van der Waals surface area contributed by atoms with Gasteiger partial charge in [-0.2, -0.15) is 0 Å². The number of ether oxygens (including phenoxy) is 2. The Balaban J connectivity index is 1.63. The van der Waals surface area contributed by atoms with Crippen LogP contribution < -0.4 is 9.47 Å². The number of carbonyl (C=O) groups excluding carboxylic acids is 2. The van der Waals surface area contributed by atoms with Gasteiger partial charge < -0.3 is 9.47 Å². The van der Waals surface area contributed by atoms with Crippen molar-refractivity contribution in [2.45, 2.75) is 6.54 Å². The summed E-state index contributed by atoms with van der Waals surface area (Å²) < 4.78 is 10.5. The minimum absolute atomic E-state index is 0.241. The maximum Gasteiger partial charge on any atom is 0.293 e. The van der Waals surface area contributed by atoms with Crippen molar-refractivity contribution in [2.75, 3.05) is 14.2 Å². The second-order valence-electron chi connectivity index (χ2n) is 6.55. The molecule has 1 aliphatic heterocycles. The first-order valence-electron chi connectivity index (χ1n) is 9.04. The fraction of sp³-hybridized carbons (Fsp3) is 0.130. The van der Waals surface area contributed by atoms with Crippen LogP contribution in [0.4, 0.5) is 4.79 Å². The van der Waals surface area contributed by atoms with Crippen LogP contribution in [0.1, 0.15) is 11.1 Å². The summed E-state index contributed by atoms with van der Waals surface area (Å²) in [6, 6.07) is 19.2. The van der Waals surface area contributed by atoms with Crippen LogP contribution in [-0.4, -0.2) is 30.3 Å². The molecule has 1 fully saturated rings. The van der Waals surface area contributed by atoms with E-state index in [1.165, 1.54) is 4.90 Å². The molecule has 146 valence electrons. The second kappa shape index (κ2) is 8.01. The number of imide groups is 1. The topological polar surface area (TPSA) is 55.8 Å². The SMILES string of the molecule is COc1cc(/C=C2\SC(=O)N(Cc3cccc4ccccc34)C2=O)cc(OC)c1. The molecule has 0 atom stereocenters. The Hall–Kier alpha value is -3.25. The van der Waals surface area contributed by atoms with Crippen LogP contribution in [-0.2, 0) is 11.3 Å². The lowest BCUT2D eigenvalue weighted by atomic mass is 10.0. The highest BCUT2D eigenvalue weighted by Gasteiger charge is 2.35. The lowest BCUT2D eigenvalue weighted by Crippen LogP contribution is -2.27. The molecule has 1 heterocycles. The molecule has 3 aromatic carbocycles. The number of benzene rings is 3. The molecule has 0 N–H and O–H groups in total. The van der Waals surface area contributed by atoms with Gasteiger partial charge in [0.25, 0.3) is 11.1 Å². The zero-order valence-electron chi connectivity index (χ0n) is 16.0. The number of rotatable bonds is 5. The lowest BCUT2D eigenvalue weighted by molar-refractivity contribution is -0.123. The van der Waals surface area contributed by atoms with Crippen molar-refractivity contribution < 1.29 is 19.1 Å². The summed E-state index contributed by atoms with van der Waals surface area (Å²) in [5, 5.41) is 1.84. The third-order valence-corrected chi connectivity index (χ3v) is 5.66. The Morgan fingerprint density at radius 2 is 1.62 bits per heavy atom. The molecule has 29 heavy (non-hydrogen) atoms. The molecule has 0 radical (unpaired) electrons. The van der Waals surface area contributed by atoms with Gasteiger partial charge in [-0.25, -0.2) is 0 Å². The van der Waals surface area contributed by atoms with Gasteiger partial charge >= 0.3 is 0 Å². The van der Waals surface area contributed by atoms with Gasteiger partial charge in [0, 0.05) is 6.07 Å². The number of hydrogen-bond acceptors (Lipinski definition) is 5. The summed E-state index contributed by atoms with van der Waals surface area (Å²) in [4.78, 5) is 27.1. The minimum atomic E-state index is -0.297. The van der Waals surface area contributed by atoms with Crippen molar-refractivity contribution in [3.8, 4) is 11.5 Å². The van der Waals surface area contributed by atoms with Crippen LogP contribution in [0.25, 0.3) is 16.8 Å². The van der Waals surface area contributed by atoms with Crippen molar-refractivity contribution >= 4 is 39.8 Å². The zero-order chi connectivity index (χ0) is 20.4. The van der Waals surface area contributed by atoms with Gasteiger partial charge in [-0.15, -0.1) is 0 Å². The largest absolute Gasteiger partial charge is 0.497 e. The van der Waals surface area contributed by atoms with Crippen LogP contribution in [0, 0.1) is 0 Å². The lowest BCUT2D eigenvalue weighted by Gasteiger charge is -2.14. The molecule has 5 nitrogen and oxygen atoms in total. The number of amides is 2. The van der Waals surface area contributed by atoms with E-state index >= 15 is 0 Å². The molecule has 4 rings (SSSR count). The summed E-state index contributed by atoms with van der Waals surface area (Å²) in [7, 11) is 3.13. The molecular formula is C23H19NO4S.